The minimum atomic E-state index is 0.0383. The maximum atomic E-state index is 8.68. The summed E-state index contributed by atoms with van der Waals surface area (Å²) < 4.78 is 5.25. The molecule has 0 aromatic carbocycles. The summed E-state index contributed by atoms with van der Waals surface area (Å²) in [5, 5.41) is 19.5. The van der Waals surface area contributed by atoms with E-state index in [1.807, 2.05) is 4.90 Å². The van der Waals surface area contributed by atoms with Crippen LogP contribution in [0, 0.1) is 0 Å². The van der Waals surface area contributed by atoms with Gasteiger partial charge >= 0.3 is 0 Å². The average molecular weight is 223 g/mol. The highest BCUT2D eigenvalue weighted by atomic mass is 16.5. The molecule has 1 aliphatic heterocycles. The van der Waals surface area contributed by atoms with Crippen molar-refractivity contribution in [2.45, 2.75) is 0 Å². The van der Waals surface area contributed by atoms with Gasteiger partial charge in [-0.2, -0.15) is 5.10 Å². The third-order valence-corrected chi connectivity index (χ3v) is 2.40. The van der Waals surface area contributed by atoms with Gasteiger partial charge in [-0.05, 0) is 6.07 Å². The number of rotatable bonds is 2. The zero-order chi connectivity index (χ0) is 11.4. The summed E-state index contributed by atoms with van der Waals surface area (Å²) >= 11 is 0. The van der Waals surface area contributed by atoms with Crippen LogP contribution in [0.2, 0.25) is 0 Å². The highest BCUT2D eigenvalue weighted by Crippen LogP contribution is 2.16. The van der Waals surface area contributed by atoms with E-state index in [1.54, 1.807) is 6.07 Å². The van der Waals surface area contributed by atoms with Crippen LogP contribution in [0.15, 0.2) is 17.4 Å². The van der Waals surface area contributed by atoms with Crippen molar-refractivity contribution in [1.82, 2.24) is 10.2 Å². The summed E-state index contributed by atoms with van der Waals surface area (Å²) in [7, 11) is 0. The van der Waals surface area contributed by atoms with Gasteiger partial charge in [0.1, 0.15) is 0 Å². The zero-order valence-electron chi connectivity index (χ0n) is 8.70. The van der Waals surface area contributed by atoms with Crippen LogP contribution in [-0.4, -0.2) is 47.5 Å². The van der Waals surface area contributed by atoms with E-state index < -0.39 is 0 Å². The van der Waals surface area contributed by atoms with E-state index in [0.29, 0.717) is 24.6 Å². The Hall–Kier alpha value is -1.89. The van der Waals surface area contributed by atoms with Gasteiger partial charge in [0.2, 0.25) is 0 Å². The molecule has 0 amide bonds. The molecule has 0 spiro atoms. The lowest BCUT2D eigenvalue weighted by Crippen LogP contribution is -2.38. The number of nitrogens with zero attached hydrogens (tertiary/aromatic N) is 4. The fourth-order valence-electron chi connectivity index (χ4n) is 1.59. The highest BCUT2D eigenvalue weighted by molar-refractivity contribution is 6.01. The largest absolute Gasteiger partial charge is 0.409 e. The minimum Gasteiger partial charge on any atom is -0.409 e. The Morgan fingerprint density at radius 3 is 2.94 bits per heavy atom. The van der Waals surface area contributed by atoms with Gasteiger partial charge in [0.15, 0.2) is 11.7 Å². The molecule has 0 bridgehead atoms. The minimum absolute atomic E-state index is 0.0383. The van der Waals surface area contributed by atoms with Crippen LogP contribution >= 0.6 is 0 Å². The lowest BCUT2D eigenvalue weighted by Gasteiger charge is -2.28. The number of nitrogens with two attached hydrogens (primary N) is 1. The first-order valence-corrected chi connectivity index (χ1v) is 4.95. The van der Waals surface area contributed by atoms with Gasteiger partial charge in [0.25, 0.3) is 0 Å². The summed E-state index contributed by atoms with van der Waals surface area (Å²) in [6, 6.07) is 1.67. The molecule has 1 aromatic heterocycles. The Labute approximate surface area is 92.5 Å². The van der Waals surface area contributed by atoms with E-state index >= 15 is 0 Å². The second kappa shape index (κ2) is 4.75. The van der Waals surface area contributed by atoms with Gasteiger partial charge in [-0.1, -0.05) is 5.16 Å². The molecule has 0 radical (unpaired) electrons. The molecular formula is C9H13N5O2. The number of aromatic nitrogens is 2. The molecule has 7 nitrogen and oxygen atoms in total. The first-order valence-electron chi connectivity index (χ1n) is 4.95. The van der Waals surface area contributed by atoms with Crippen molar-refractivity contribution in [1.29, 1.82) is 0 Å². The van der Waals surface area contributed by atoms with E-state index in [9.17, 15) is 0 Å². The zero-order valence-corrected chi connectivity index (χ0v) is 8.70. The number of anilines is 1. The standard InChI is InChI=1S/C9H13N5O2/c10-8(13-15)7-1-2-11-12-9(7)14-3-5-16-6-4-14/h1-2,15H,3-6H2,(H2,10,13). The highest BCUT2D eigenvalue weighted by Gasteiger charge is 2.18. The summed E-state index contributed by atoms with van der Waals surface area (Å²) in [5.74, 6) is 0.664. The Bertz CT molecular complexity index is 389. The van der Waals surface area contributed by atoms with Crippen LogP contribution < -0.4 is 10.6 Å². The second-order valence-electron chi connectivity index (χ2n) is 3.35. The van der Waals surface area contributed by atoms with Crippen LogP contribution in [0.5, 0.6) is 0 Å². The molecule has 0 aliphatic carbocycles. The molecule has 3 N–H and O–H groups in total. The molecule has 0 saturated carbocycles. The number of morpholine rings is 1. The van der Waals surface area contributed by atoms with Crippen LogP contribution in [0.3, 0.4) is 0 Å². The first-order chi connectivity index (χ1) is 7.83. The lowest BCUT2D eigenvalue weighted by atomic mass is 10.2. The van der Waals surface area contributed by atoms with Gasteiger partial charge in [0, 0.05) is 13.1 Å². The van der Waals surface area contributed by atoms with Crippen LogP contribution in [0.4, 0.5) is 5.82 Å². The molecule has 7 heteroatoms. The fourth-order valence-corrected chi connectivity index (χ4v) is 1.59. The third kappa shape index (κ3) is 2.03. The normalized spacial score (nSPS) is 17.5. The number of hydrogen-bond donors (Lipinski definition) is 2. The third-order valence-electron chi connectivity index (χ3n) is 2.40. The number of ether oxygens (including phenoxy) is 1. The maximum absolute atomic E-state index is 8.68. The van der Waals surface area contributed by atoms with Gasteiger partial charge in [-0.15, -0.1) is 5.10 Å². The van der Waals surface area contributed by atoms with E-state index in [-0.39, 0.29) is 5.84 Å². The molecule has 86 valence electrons. The van der Waals surface area contributed by atoms with Crippen molar-refractivity contribution in [3.63, 3.8) is 0 Å². The van der Waals surface area contributed by atoms with E-state index in [1.165, 1.54) is 6.20 Å². The molecule has 1 fully saturated rings. The monoisotopic (exact) mass is 223 g/mol. The molecular weight excluding hydrogens is 210 g/mol. The van der Waals surface area contributed by atoms with E-state index in [2.05, 4.69) is 15.4 Å². The quantitative estimate of drug-likeness (QED) is 0.301. The van der Waals surface area contributed by atoms with Crippen molar-refractivity contribution in [3.8, 4) is 0 Å². The second-order valence-corrected chi connectivity index (χ2v) is 3.35. The van der Waals surface area contributed by atoms with E-state index in [0.717, 1.165) is 13.1 Å². The topological polar surface area (TPSA) is 96.9 Å². The molecule has 0 unspecified atom stereocenters. The van der Waals surface area contributed by atoms with Crippen LogP contribution in [-0.2, 0) is 4.74 Å². The molecule has 0 atom stereocenters. The van der Waals surface area contributed by atoms with Gasteiger partial charge < -0.3 is 20.6 Å². The number of oxime groups is 1. The summed E-state index contributed by atoms with van der Waals surface area (Å²) in [5.41, 5.74) is 6.16. The molecule has 2 heterocycles. The Morgan fingerprint density at radius 2 is 2.25 bits per heavy atom. The molecule has 16 heavy (non-hydrogen) atoms. The molecule has 1 saturated heterocycles. The molecule has 1 aliphatic rings. The maximum Gasteiger partial charge on any atom is 0.173 e. The van der Waals surface area contributed by atoms with Crippen molar-refractivity contribution in [2.75, 3.05) is 31.2 Å². The Kier molecular flexibility index (Phi) is 3.16. The lowest BCUT2D eigenvalue weighted by molar-refractivity contribution is 0.122. The summed E-state index contributed by atoms with van der Waals surface area (Å²) in [4.78, 5) is 2.00. The van der Waals surface area contributed by atoms with Gasteiger partial charge in [-0.25, -0.2) is 0 Å². The summed E-state index contributed by atoms with van der Waals surface area (Å²) in [6.07, 6.45) is 1.51. The first kappa shape index (κ1) is 10.6. The Balaban J connectivity index is 2.31. The number of hydrogen-bond acceptors (Lipinski definition) is 6. The van der Waals surface area contributed by atoms with Crippen LogP contribution in [0.25, 0.3) is 0 Å². The van der Waals surface area contributed by atoms with E-state index in [4.69, 9.17) is 15.7 Å². The van der Waals surface area contributed by atoms with Gasteiger partial charge in [-0.3, -0.25) is 0 Å². The number of amidine groups is 1. The smallest absolute Gasteiger partial charge is 0.173 e. The van der Waals surface area contributed by atoms with Crippen LogP contribution in [0.1, 0.15) is 5.56 Å². The Morgan fingerprint density at radius 1 is 1.50 bits per heavy atom. The predicted molar refractivity (Wildman–Crippen MR) is 57.6 cm³/mol. The van der Waals surface area contributed by atoms with Crippen molar-refractivity contribution in [2.24, 2.45) is 10.9 Å². The summed E-state index contributed by atoms with van der Waals surface area (Å²) in [6.45, 7) is 2.74. The predicted octanol–water partition coefficient (Wildman–Crippen LogP) is -0.592. The van der Waals surface area contributed by atoms with Gasteiger partial charge in [0.05, 0.1) is 25.0 Å². The SMILES string of the molecule is N/C(=N/O)c1ccnnc1N1CCOCC1. The molecule has 2 rings (SSSR count). The molecule has 1 aromatic rings. The fraction of sp³-hybridized carbons (Fsp3) is 0.444. The van der Waals surface area contributed by atoms with Crippen molar-refractivity contribution in [3.05, 3.63) is 17.8 Å². The average Bonchev–Trinajstić information content (AvgIpc) is 2.39. The van der Waals surface area contributed by atoms with Crippen molar-refractivity contribution >= 4 is 11.7 Å². The van der Waals surface area contributed by atoms with Crippen molar-refractivity contribution < 1.29 is 9.94 Å².